The zero-order chi connectivity index (χ0) is 17.3. The topological polar surface area (TPSA) is 68.2 Å². The molecule has 0 aliphatic heterocycles. The summed E-state index contributed by atoms with van der Waals surface area (Å²) in [6.07, 6.45) is 0. The number of thiazole rings is 1. The predicted octanol–water partition coefficient (Wildman–Crippen LogP) is 3.21. The third kappa shape index (κ3) is 3.25. The van der Waals surface area contributed by atoms with Crippen LogP contribution in [0.2, 0.25) is 5.02 Å². The number of hydrogen-bond donors (Lipinski definition) is 1. The first-order valence-electron chi connectivity index (χ1n) is 7.29. The number of nitrogens with one attached hydrogen (secondary N) is 1. The molecule has 0 aliphatic carbocycles. The number of aromatic nitrogens is 1. The molecule has 0 atom stereocenters. The van der Waals surface area contributed by atoms with E-state index in [9.17, 15) is 13.2 Å². The lowest BCUT2D eigenvalue weighted by Gasteiger charge is -2.08. The van der Waals surface area contributed by atoms with E-state index < -0.39 is 10.0 Å². The molecule has 1 heterocycles. The highest BCUT2D eigenvalue weighted by Gasteiger charge is 2.16. The molecule has 24 heavy (non-hydrogen) atoms. The quantitative estimate of drug-likeness (QED) is 0.736. The average Bonchev–Trinajstić information content (AvgIpc) is 2.88. The van der Waals surface area contributed by atoms with E-state index in [1.54, 1.807) is 34.9 Å². The highest BCUT2D eigenvalue weighted by atomic mass is 35.5. The molecule has 0 aliphatic rings. The summed E-state index contributed by atoms with van der Waals surface area (Å²) in [5.41, 5.74) is 1.45. The zero-order valence-electron chi connectivity index (χ0n) is 12.8. The van der Waals surface area contributed by atoms with Crippen LogP contribution in [-0.2, 0) is 23.1 Å². The Kier molecular flexibility index (Phi) is 4.78. The molecule has 0 radical (unpaired) electrons. The Morgan fingerprint density at radius 1 is 1.21 bits per heavy atom. The molecule has 1 aromatic heterocycles. The van der Waals surface area contributed by atoms with Gasteiger partial charge in [-0.2, -0.15) is 0 Å². The van der Waals surface area contributed by atoms with Gasteiger partial charge in [-0.3, -0.25) is 9.36 Å². The van der Waals surface area contributed by atoms with Gasteiger partial charge in [0.1, 0.15) is 0 Å². The number of sulfonamides is 1. The standard InChI is InChI=1S/C16H15ClN2O3S2/c1-2-19-14-8-7-12(9-15(14)23-16(19)20)24(21,22)18-10-11-5-3-4-6-13(11)17/h3-9,18H,2,10H2,1H3. The summed E-state index contributed by atoms with van der Waals surface area (Å²) in [4.78, 5) is 11.9. The van der Waals surface area contributed by atoms with Crippen molar-refractivity contribution in [3.63, 3.8) is 0 Å². The smallest absolute Gasteiger partial charge is 0.299 e. The van der Waals surface area contributed by atoms with Crippen molar-refractivity contribution in [2.24, 2.45) is 0 Å². The molecule has 0 amide bonds. The number of benzene rings is 2. The molecule has 0 fully saturated rings. The first-order chi connectivity index (χ1) is 11.4. The highest BCUT2D eigenvalue weighted by molar-refractivity contribution is 7.89. The van der Waals surface area contributed by atoms with Crippen LogP contribution in [0.3, 0.4) is 0 Å². The second-order valence-electron chi connectivity index (χ2n) is 5.16. The van der Waals surface area contributed by atoms with Gasteiger partial charge in [0, 0.05) is 18.1 Å². The summed E-state index contributed by atoms with van der Waals surface area (Å²) in [5, 5.41) is 0.508. The van der Waals surface area contributed by atoms with Crippen molar-refractivity contribution in [1.82, 2.24) is 9.29 Å². The Balaban J connectivity index is 1.91. The molecule has 0 spiro atoms. The van der Waals surface area contributed by atoms with Crippen LogP contribution in [0.25, 0.3) is 10.2 Å². The van der Waals surface area contributed by atoms with E-state index in [-0.39, 0.29) is 16.3 Å². The maximum absolute atomic E-state index is 12.5. The zero-order valence-corrected chi connectivity index (χ0v) is 15.2. The summed E-state index contributed by atoms with van der Waals surface area (Å²) < 4.78 is 29.8. The van der Waals surface area contributed by atoms with Crippen molar-refractivity contribution in [2.75, 3.05) is 0 Å². The van der Waals surface area contributed by atoms with Gasteiger partial charge in [-0.1, -0.05) is 41.1 Å². The molecular formula is C16H15ClN2O3S2. The van der Waals surface area contributed by atoms with Crippen molar-refractivity contribution >= 4 is 43.2 Å². The van der Waals surface area contributed by atoms with Crippen LogP contribution in [0.5, 0.6) is 0 Å². The Hall–Kier alpha value is -1.67. The highest BCUT2D eigenvalue weighted by Crippen LogP contribution is 2.22. The van der Waals surface area contributed by atoms with E-state index in [4.69, 9.17) is 11.6 Å². The lowest BCUT2D eigenvalue weighted by atomic mass is 10.2. The molecule has 1 N–H and O–H groups in total. The van der Waals surface area contributed by atoms with Crippen LogP contribution in [0.4, 0.5) is 0 Å². The first kappa shape index (κ1) is 17.2. The number of hydrogen-bond acceptors (Lipinski definition) is 4. The molecule has 0 bridgehead atoms. The van der Waals surface area contributed by atoms with E-state index in [2.05, 4.69) is 4.72 Å². The minimum atomic E-state index is -3.69. The van der Waals surface area contributed by atoms with Crippen molar-refractivity contribution in [3.8, 4) is 0 Å². The van der Waals surface area contributed by atoms with Crippen LogP contribution < -0.4 is 9.60 Å². The van der Waals surface area contributed by atoms with Gasteiger partial charge in [-0.15, -0.1) is 0 Å². The number of aryl methyl sites for hydroxylation is 1. The van der Waals surface area contributed by atoms with Gasteiger partial charge < -0.3 is 0 Å². The minimum absolute atomic E-state index is 0.0916. The monoisotopic (exact) mass is 382 g/mol. The van der Waals surface area contributed by atoms with Crippen LogP contribution in [0, 0.1) is 0 Å². The number of rotatable bonds is 5. The van der Waals surface area contributed by atoms with Crippen molar-refractivity contribution in [1.29, 1.82) is 0 Å². The van der Waals surface area contributed by atoms with E-state index in [0.717, 1.165) is 16.9 Å². The normalized spacial score (nSPS) is 11.9. The predicted molar refractivity (Wildman–Crippen MR) is 97.2 cm³/mol. The van der Waals surface area contributed by atoms with Gasteiger partial charge in [-0.05, 0) is 36.8 Å². The molecule has 3 rings (SSSR count). The number of halogens is 1. The van der Waals surface area contributed by atoms with Crippen LogP contribution in [-0.4, -0.2) is 13.0 Å². The molecule has 2 aromatic carbocycles. The summed E-state index contributed by atoms with van der Waals surface area (Å²) in [6, 6.07) is 11.8. The second kappa shape index (κ2) is 6.68. The largest absolute Gasteiger partial charge is 0.308 e. The minimum Gasteiger partial charge on any atom is -0.299 e. The fourth-order valence-electron chi connectivity index (χ4n) is 2.41. The Morgan fingerprint density at radius 2 is 1.96 bits per heavy atom. The third-order valence-electron chi connectivity index (χ3n) is 3.68. The van der Waals surface area contributed by atoms with Gasteiger partial charge in [-0.25, -0.2) is 13.1 Å². The summed E-state index contributed by atoms with van der Waals surface area (Å²) in [6.45, 7) is 2.53. The fourth-order valence-corrected chi connectivity index (χ4v) is 4.72. The van der Waals surface area contributed by atoms with Gasteiger partial charge in [0.15, 0.2) is 0 Å². The maximum Gasteiger partial charge on any atom is 0.308 e. The molecule has 8 heteroatoms. The van der Waals surface area contributed by atoms with E-state index in [1.165, 1.54) is 12.1 Å². The van der Waals surface area contributed by atoms with E-state index in [1.807, 2.05) is 6.92 Å². The molecule has 0 saturated carbocycles. The lowest BCUT2D eigenvalue weighted by molar-refractivity contribution is 0.581. The van der Waals surface area contributed by atoms with Crippen LogP contribution >= 0.6 is 22.9 Å². The fraction of sp³-hybridized carbons (Fsp3) is 0.188. The van der Waals surface area contributed by atoms with Crippen LogP contribution in [0.15, 0.2) is 52.2 Å². The van der Waals surface area contributed by atoms with Crippen LogP contribution in [0.1, 0.15) is 12.5 Å². The van der Waals surface area contributed by atoms with Gasteiger partial charge in [0.05, 0.1) is 15.1 Å². The van der Waals surface area contributed by atoms with Crippen molar-refractivity contribution in [2.45, 2.75) is 24.9 Å². The molecular weight excluding hydrogens is 368 g/mol. The third-order valence-corrected chi connectivity index (χ3v) is 6.39. The van der Waals surface area contributed by atoms with E-state index in [0.29, 0.717) is 21.8 Å². The van der Waals surface area contributed by atoms with Gasteiger partial charge >= 0.3 is 4.87 Å². The molecule has 0 unspecified atom stereocenters. The first-order valence-corrected chi connectivity index (χ1v) is 9.96. The molecule has 126 valence electrons. The summed E-state index contributed by atoms with van der Waals surface area (Å²) in [5.74, 6) is 0. The second-order valence-corrected chi connectivity index (χ2v) is 8.33. The van der Waals surface area contributed by atoms with Gasteiger partial charge in [0.25, 0.3) is 0 Å². The van der Waals surface area contributed by atoms with Gasteiger partial charge in [0.2, 0.25) is 10.0 Å². The SMILES string of the molecule is CCn1c(=O)sc2cc(S(=O)(=O)NCc3ccccc3Cl)ccc21. The number of fused-ring (bicyclic) bond motifs is 1. The Morgan fingerprint density at radius 3 is 2.67 bits per heavy atom. The van der Waals surface area contributed by atoms with E-state index >= 15 is 0 Å². The Bertz CT molecular complexity index is 1050. The molecule has 0 saturated heterocycles. The molecule has 3 aromatic rings. The molecule has 5 nitrogen and oxygen atoms in total. The lowest BCUT2D eigenvalue weighted by Crippen LogP contribution is -2.23. The Labute approximate surface area is 148 Å². The average molecular weight is 383 g/mol. The number of nitrogens with zero attached hydrogens (tertiary/aromatic N) is 1. The summed E-state index contributed by atoms with van der Waals surface area (Å²) >= 11 is 7.09. The maximum atomic E-state index is 12.5. The van der Waals surface area contributed by atoms with Crippen molar-refractivity contribution < 1.29 is 8.42 Å². The summed E-state index contributed by atoms with van der Waals surface area (Å²) in [7, 11) is -3.69. The van der Waals surface area contributed by atoms with Crippen molar-refractivity contribution in [3.05, 3.63) is 62.7 Å².